The highest BCUT2D eigenvalue weighted by Crippen LogP contribution is 2.16. The smallest absolute Gasteiger partial charge is 0.248 e. The second kappa shape index (κ2) is 11.1. The van der Waals surface area contributed by atoms with Gasteiger partial charge in [0.1, 0.15) is 5.75 Å². The van der Waals surface area contributed by atoms with Crippen LogP contribution < -0.4 is 10.1 Å². The molecule has 1 N–H and O–H groups in total. The molecule has 0 bridgehead atoms. The minimum absolute atomic E-state index is 0.143. The number of benzene rings is 2. The summed E-state index contributed by atoms with van der Waals surface area (Å²) in [6.45, 7) is 5.00. The van der Waals surface area contributed by atoms with Gasteiger partial charge in [0.25, 0.3) is 0 Å². The van der Waals surface area contributed by atoms with Crippen LogP contribution in [0.2, 0.25) is 0 Å². The molecule has 138 valence electrons. The number of hydrogen-bond donors (Lipinski definition) is 1. The Kier molecular flexibility index (Phi) is 8.47. The monoisotopic (exact) mass is 351 g/mol. The van der Waals surface area contributed by atoms with Gasteiger partial charge in [0.05, 0.1) is 6.61 Å². The Balaban J connectivity index is 1.73. The second-order valence-electron chi connectivity index (χ2n) is 6.52. The SMILES string of the molecule is CCCCCCCOc1ccc(NC(=O)C=Cc2ccc(C)cc2)cc1. The number of unbranched alkanes of at least 4 members (excludes halogenated alkanes) is 4. The van der Waals surface area contributed by atoms with Crippen LogP contribution in [0.3, 0.4) is 0 Å². The summed E-state index contributed by atoms with van der Waals surface area (Å²) in [5.74, 6) is 0.698. The maximum atomic E-state index is 12.0. The molecule has 3 heteroatoms. The average Bonchev–Trinajstić information content (AvgIpc) is 2.65. The molecule has 0 heterocycles. The van der Waals surface area contributed by atoms with Crippen molar-refractivity contribution in [2.75, 3.05) is 11.9 Å². The molecule has 0 aliphatic carbocycles. The average molecular weight is 351 g/mol. The van der Waals surface area contributed by atoms with Crippen molar-refractivity contribution in [2.24, 2.45) is 0 Å². The van der Waals surface area contributed by atoms with Crippen LogP contribution in [0, 0.1) is 6.92 Å². The van der Waals surface area contributed by atoms with Crippen molar-refractivity contribution in [3.05, 3.63) is 65.7 Å². The van der Waals surface area contributed by atoms with Gasteiger partial charge in [0.15, 0.2) is 0 Å². The minimum Gasteiger partial charge on any atom is -0.494 e. The van der Waals surface area contributed by atoms with Gasteiger partial charge >= 0.3 is 0 Å². The lowest BCUT2D eigenvalue weighted by Crippen LogP contribution is -2.07. The molecule has 0 saturated heterocycles. The lowest BCUT2D eigenvalue weighted by Gasteiger charge is -2.07. The van der Waals surface area contributed by atoms with E-state index in [9.17, 15) is 4.79 Å². The first kappa shape index (κ1) is 19.8. The fraction of sp³-hybridized carbons (Fsp3) is 0.348. The number of hydrogen-bond acceptors (Lipinski definition) is 2. The first-order valence-corrected chi connectivity index (χ1v) is 9.46. The maximum Gasteiger partial charge on any atom is 0.248 e. The van der Waals surface area contributed by atoms with E-state index in [4.69, 9.17) is 4.74 Å². The van der Waals surface area contributed by atoms with Gasteiger partial charge in [-0.25, -0.2) is 0 Å². The third-order valence-corrected chi connectivity index (χ3v) is 4.14. The van der Waals surface area contributed by atoms with Crippen molar-refractivity contribution in [1.82, 2.24) is 0 Å². The van der Waals surface area contributed by atoms with E-state index in [0.717, 1.165) is 30.0 Å². The van der Waals surface area contributed by atoms with E-state index >= 15 is 0 Å². The van der Waals surface area contributed by atoms with Gasteiger partial charge in [-0.1, -0.05) is 62.4 Å². The van der Waals surface area contributed by atoms with Gasteiger partial charge in [-0.2, -0.15) is 0 Å². The number of anilines is 1. The molecule has 0 fully saturated rings. The standard InChI is InChI=1S/C23H29NO2/c1-3-4-5-6-7-18-26-22-15-13-21(14-16-22)24-23(25)17-12-20-10-8-19(2)9-11-20/h8-17H,3-7,18H2,1-2H3,(H,24,25). The Morgan fingerprint density at radius 2 is 1.65 bits per heavy atom. The summed E-state index contributed by atoms with van der Waals surface area (Å²) < 4.78 is 5.73. The van der Waals surface area contributed by atoms with Gasteiger partial charge < -0.3 is 10.1 Å². The molecule has 0 aliphatic heterocycles. The van der Waals surface area contributed by atoms with Crippen molar-refractivity contribution in [1.29, 1.82) is 0 Å². The predicted molar refractivity (Wildman–Crippen MR) is 110 cm³/mol. The summed E-state index contributed by atoms with van der Waals surface area (Å²) in [7, 11) is 0. The Morgan fingerprint density at radius 1 is 0.962 bits per heavy atom. The third kappa shape index (κ3) is 7.56. The largest absolute Gasteiger partial charge is 0.494 e. The van der Waals surface area contributed by atoms with Crippen molar-refractivity contribution in [3.8, 4) is 5.75 Å². The number of nitrogens with one attached hydrogen (secondary N) is 1. The predicted octanol–water partition coefficient (Wildman–Crippen LogP) is 6.00. The fourth-order valence-electron chi connectivity index (χ4n) is 2.56. The Bertz CT molecular complexity index is 687. The van der Waals surface area contributed by atoms with Crippen LogP contribution >= 0.6 is 0 Å². The van der Waals surface area contributed by atoms with Crippen LogP contribution in [0.25, 0.3) is 6.08 Å². The molecule has 2 aromatic carbocycles. The zero-order valence-electron chi connectivity index (χ0n) is 15.8. The molecular weight excluding hydrogens is 322 g/mol. The van der Waals surface area contributed by atoms with E-state index in [0.29, 0.717) is 0 Å². The van der Waals surface area contributed by atoms with Gasteiger partial charge in [-0.3, -0.25) is 4.79 Å². The van der Waals surface area contributed by atoms with E-state index < -0.39 is 0 Å². The van der Waals surface area contributed by atoms with Crippen molar-refractivity contribution < 1.29 is 9.53 Å². The third-order valence-electron chi connectivity index (χ3n) is 4.14. The van der Waals surface area contributed by atoms with Crippen LogP contribution in [0.15, 0.2) is 54.6 Å². The first-order valence-electron chi connectivity index (χ1n) is 9.46. The highest BCUT2D eigenvalue weighted by molar-refractivity contribution is 6.01. The highest BCUT2D eigenvalue weighted by atomic mass is 16.5. The molecule has 0 saturated carbocycles. The maximum absolute atomic E-state index is 12.0. The number of ether oxygens (including phenoxy) is 1. The Hall–Kier alpha value is -2.55. The Morgan fingerprint density at radius 3 is 2.35 bits per heavy atom. The van der Waals surface area contributed by atoms with Gasteiger partial charge in [-0.15, -0.1) is 0 Å². The van der Waals surface area contributed by atoms with Crippen LogP contribution in [-0.4, -0.2) is 12.5 Å². The van der Waals surface area contributed by atoms with E-state index in [1.807, 2.05) is 61.5 Å². The molecule has 2 rings (SSSR count). The van der Waals surface area contributed by atoms with Crippen LogP contribution in [-0.2, 0) is 4.79 Å². The highest BCUT2D eigenvalue weighted by Gasteiger charge is 1.99. The number of amides is 1. The number of rotatable bonds is 10. The summed E-state index contributed by atoms with van der Waals surface area (Å²) in [6, 6.07) is 15.6. The number of aryl methyl sites for hydroxylation is 1. The quantitative estimate of drug-likeness (QED) is 0.421. The van der Waals surface area contributed by atoms with E-state index in [-0.39, 0.29) is 5.91 Å². The fourth-order valence-corrected chi connectivity index (χ4v) is 2.56. The van der Waals surface area contributed by atoms with Crippen LogP contribution in [0.4, 0.5) is 5.69 Å². The summed E-state index contributed by atoms with van der Waals surface area (Å²) in [6.07, 6.45) is 9.50. The van der Waals surface area contributed by atoms with E-state index in [2.05, 4.69) is 12.2 Å². The first-order chi connectivity index (χ1) is 12.7. The molecular formula is C23H29NO2. The normalized spacial score (nSPS) is 10.8. The number of carbonyl (C=O) groups is 1. The molecule has 26 heavy (non-hydrogen) atoms. The van der Waals surface area contributed by atoms with Gasteiger partial charge in [0, 0.05) is 11.8 Å². The molecule has 3 nitrogen and oxygen atoms in total. The molecule has 0 aliphatic rings. The summed E-state index contributed by atoms with van der Waals surface area (Å²) in [4.78, 5) is 12.0. The lowest BCUT2D eigenvalue weighted by atomic mass is 10.1. The van der Waals surface area contributed by atoms with Crippen molar-refractivity contribution >= 4 is 17.7 Å². The second-order valence-corrected chi connectivity index (χ2v) is 6.52. The van der Waals surface area contributed by atoms with Gasteiger partial charge in [-0.05, 0) is 49.2 Å². The Labute approximate surface area is 157 Å². The van der Waals surface area contributed by atoms with Crippen LogP contribution in [0.5, 0.6) is 5.75 Å². The number of carbonyl (C=O) groups excluding carboxylic acids is 1. The lowest BCUT2D eigenvalue weighted by molar-refractivity contribution is -0.111. The molecule has 0 atom stereocenters. The molecule has 0 spiro atoms. The molecule has 2 aromatic rings. The zero-order valence-corrected chi connectivity index (χ0v) is 15.8. The van der Waals surface area contributed by atoms with Crippen molar-refractivity contribution in [3.63, 3.8) is 0 Å². The summed E-state index contributed by atoms with van der Waals surface area (Å²) >= 11 is 0. The topological polar surface area (TPSA) is 38.3 Å². The molecule has 0 radical (unpaired) electrons. The molecule has 1 amide bonds. The van der Waals surface area contributed by atoms with Crippen LogP contribution in [0.1, 0.15) is 50.2 Å². The molecule has 0 unspecified atom stereocenters. The van der Waals surface area contributed by atoms with E-state index in [1.165, 1.54) is 31.2 Å². The zero-order chi connectivity index (χ0) is 18.6. The summed E-state index contributed by atoms with van der Waals surface area (Å²) in [5, 5.41) is 2.86. The minimum atomic E-state index is -0.143. The van der Waals surface area contributed by atoms with Crippen molar-refractivity contribution in [2.45, 2.75) is 46.0 Å². The van der Waals surface area contributed by atoms with E-state index in [1.54, 1.807) is 6.08 Å². The van der Waals surface area contributed by atoms with Gasteiger partial charge in [0.2, 0.25) is 5.91 Å². The summed E-state index contributed by atoms with van der Waals surface area (Å²) in [5.41, 5.74) is 2.97. The molecule has 0 aromatic heterocycles.